The van der Waals surface area contributed by atoms with Gasteiger partial charge >= 0.3 is 5.97 Å². The van der Waals surface area contributed by atoms with Crippen molar-refractivity contribution in [3.8, 4) is 5.75 Å². The maximum Gasteiger partial charge on any atom is 0.311 e. The van der Waals surface area contributed by atoms with Gasteiger partial charge in [0.1, 0.15) is 5.75 Å². The highest BCUT2D eigenvalue weighted by molar-refractivity contribution is 5.76. The molecule has 0 aliphatic heterocycles. The second-order valence-corrected chi connectivity index (χ2v) is 6.14. The molecule has 0 aliphatic rings. The van der Waals surface area contributed by atoms with Crippen LogP contribution in [-0.2, 0) is 17.6 Å². The van der Waals surface area contributed by atoms with E-state index in [0.717, 1.165) is 35.3 Å². The fourth-order valence-corrected chi connectivity index (χ4v) is 2.76. The zero-order valence-corrected chi connectivity index (χ0v) is 14.7. The molecule has 0 spiro atoms. The summed E-state index contributed by atoms with van der Waals surface area (Å²) in [5.41, 5.74) is 4.11. The van der Waals surface area contributed by atoms with Crippen LogP contribution in [0.4, 0.5) is 0 Å². The number of rotatable bonds is 8. The largest absolute Gasteiger partial charge is 0.493 e. The molecule has 0 bridgehead atoms. The Morgan fingerprint density at radius 3 is 2.29 bits per heavy atom. The minimum absolute atomic E-state index is 0.494. The van der Waals surface area contributed by atoms with Crippen LogP contribution < -0.4 is 4.74 Å². The molecule has 1 atom stereocenters. The number of benzene rings is 2. The van der Waals surface area contributed by atoms with E-state index >= 15 is 0 Å². The summed E-state index contributed by atoms with van der Waals surface area (Å²) in [6.45, 7) is 6.81. The maximum atomic E-state index is 11.8. The van der Waals surface area contributed by atoms with Crippen molar-refractivity contribution in [2.75, 3.05) is 6.61 Å². The average molecular weight is 326 g/mol. The lowest BCUT2D eigenvalue weighted by molar-refractivity contribution is -0.138. The molecular weight excluding hydrogens is 300 g/mol. The van der Waals surface area contributed by atoms with Crippen LogP contribution in [0.3, 0.4) is 0 Å². The van der Waals surface area contributed by atoms with Crippen molar-refractivity contribution in [1.82, 2.24) is 0 Å². The van der Waals surface area contributed by atoms with E-state index < -0.39 is 11.9 Å². The maximum absolute atomic E-state index is 11.8. The summed E-state index contributed by atoms with van der Waals surface area (Å²) in [5, 5.41) is 9.66. The van der Waals surface area contributed by atoms with Gasteiger partial charge in [-0.05, 0) is 54.5 Å². The third-order valence-electron chi connectivity index (χ3n) is 4.23. The lowest BCUT2D eigenvalue weighted by Gasteiger charge is -2.16. The van der Waals surface area contributed by atoms with Crippen molar-refractivity contribution in [3.63, 3.8) is 0 Å². The van der Waals surface area contributed by atoms with Crippen molar-refractivity contribution in [3.05, 3.63) is 64.7 Å². The van der Waals surface area contributed by atoms with Crippen LogP contribution in [0.2, 0.25) is 0 Å². The van der Waals surface area contributed by atoms with Crippen LogP contribution >= 0.6 is 0 Å². The molecule has 0 radical (unpaired) electrons. The van der Waals surface area contributed by atoms with E-state index in [9.17, 15) is 9.90 Å². The van der Waals surface area contributed by atoms with Gasteiger partial charge in [0.2, 0.25) is 0 Å². The van der Waals surface area contributed by atoms with Crippen molar-refractivity contribution in [1.29, 1.82) is 0 Å². The Balaban J connectivity index is 2.20. The number of ether oxygens (including phenoxy) is 1. The smallest absolute Gasteiger partial charge is 0.311 e. The Kier molecular flexibility index (Phi) is 6.42. The molecule has 0 aromatic heterocycles. The van der Waals surface area contributed by atoms with E-state index in [0.29, 0.717) is 13.0 Å². The lowest BCUT2D eigenvalue weighted by Crippen LogP contribution is -2.15. The average Bonchev–Trinajstić information content (AvgIpc) is 2.59. The van der Waals surface area contributed by atoms with Crippen LogP contribution in [-0.4, -0.2) is 17.7 Å². The number of hydrogen-bond donors (Lipinski definition) is 1. The SMILES string of the molecule is CCCOc1ccc(C(Cc2ccc(CC)cc2)C(=O)O)cc1C. The third kappa shape index (κ3) is 4.60. The summed E-state index contributed by atoms with van der Waals surface area (Å²) < 4.78 is 5.68. The summed E-state index contributed by atoms with van der Waals surface area (Å²) in [6, 6.07) is 13.9. The van der Waals surface area contributed by atoms with Gasteiger partial charge in [-0.25, -0.2) is 0 Å². The highest BCUT2D eigenvalue weighted by atomic mass is 16.5. The summed E-state index contributed by atoms with van der Waals surface area (Å²) in [6.07, 6.45) is 2.43. The fraction of sp³-hybridized carbons (Fsp3) is 0.381. The van der Waals surface area contributed by atoms with Crippen LogP contribution in [0.1, 0.15) is 48.4 Å². The molecule has 0 amide bonds. The number of aryl methyl sites for hydroxylation is 2. The Bertz CT molecular complexity index is 674. The van der Waals surface area contributed by atoms with E-state index in [2.05, 4.69) is 26.0 Å². The molecule has 0 saturated carbocycles. The van der Waals surface area contributed by atoms with Gasteiger partial charge in [0.15, 0.2) is 0 Å². The summed E-state index contributed by atoms with van der Waals surface area (Å²) in [5.74, 6) is -0.510. The second kappa shape index (κ2) is 8.53. The molecule has 24 heavy (non-hydrogen) atoms. The van der Waals surface area contributed by atoms with Gasteiger partial charge in [0, 0.05) is 0 Å². The van der Waals surface area contributed by atoms with Gasteiger partial charge in [0.25, 0.3) is 0 Å². The molecule has 0 fully saturated rings. The molecule has 2 aromatic rings. The van der Waals surface area contributed by atoms with Crippen LogP contribution in [0.5, 0.6) is 5.75 Å². The van der Waals surface area contributed by atoms with E-state index in [1.807, 2.05) is 37.3 Å². The predicted molar refractivity (Wildman–Crippen MR) is 96.9 cm³/mol. The Morgan fingerprint density at radius 2 is 1.75 bits per heavy atom. The molecule has 2 rings (SSSR count). The number of carboxylic acids is 1. The van der Waals surface area contributed by atoms with Crippen LogP contribution in [0.25, 0.3) is 0 Å². The minimum atomic E-state index is -0.795. The highest BCUT2D eigenvalue weighted by Crippen LogP contribution is 2.27. The number of aliphatic carboxylic acids is 1. The first-order valence-electron chi connectivity index (χ1n) is 8.59. The van der Waals surface area contributed by atoms with Gasteiger partial charge < -0.3 is 9.84 Å². The molecule has 2 aromatic carbocycles. The molecular formula is C21H26O3. The number of carboxylic acid groups (broad SMARTS) is 1. The molecule has 128 valence electrons. The summed E-state index contributed by atoms with van der Waals surface area (Å²) in [4.78, 5) is 11.8. The van der Waals surface area contributed by atoms with E-state index in [1.54, 1.807) is 0 Å². The van der Waals surface area contributed by atoms with Gasteiger partial charge in [-0.2, -0.15) is 0 Å². The second-order valence-electron chi connectivity index (χ2n) is 6.14. The van der Waals surface area contributed by atoms with Crippen molar-refractivity contribution >= 4 is 5.97 Å². The molecule has 1 N–H and O–H groups in total. The van der Waals surface area contributed by atoms with Gasteiger partial charge in [-0.3, -0.25) is 4.79 Å². The first-order valence-corrected chi connectivity index (χ1v) is 8.59. The number of carbonyl (C=O) groups is 1. The summed E-state index contributed by atoms with van der Waals surface area (Å²) >= 11 is 0. The third-order valence-corrected chi connectivity index (χ3v) is 4.23. The molecule has 3 heteroatoms. The zero-order valence-electron chi connectivity index (χ0n) is 14.7. The van der Waals surface area contributed by atoms with Crippen molar-refractivity contribution in [2.24, 2.45) is 0 Å². The summed E-state index contributed by atoms with van der Waals surface area (Å²) in [7, 11) is 0. The van der Waals surface area contributed by atoms with Gasteiger partial charge in [-0.1, -0.05) is 50.2 Å². The molecule has 3 nitrogen and oxygen atoms in total. The molecule has 1 unspecified atom stereocenters. The lowest BCUT2D eigenvalue weighted by atomic mass is 9.90. The number of hydrogen-bond acceptors (Lipinski definition) is 2. The predicted octanol–water partition coefficient (Wildman–Crippen LogP) is 4.76. The van der Waals surface area contributed by atoms with Gasteiger partial charge in [-0.15, -0.1) is 0 Å². The topological polar surface area (TPSA) is 46.5 Å². The first-order chi connectivity index (χ1) is 11.5. The standard InChI is InChI=1S/C21H26O3/c1-4-12-24-20-11-10-18(13-15(20)3)19(21(22)23)14-17-8-6-16(5-2)7-9-17/h6-11,13,19H,4-5,12,14H2,1-3H3,(H,22,23). The van der Waals surface area contributed by atoms with E-state index in [1.165, 1.54) is 5.56 Å². The van der Waals surface area contributed by atoms with Gasteiger partial charge in [0.05, 0.1) is 12.5 Å². The van der Waals surface area contributed by atoms with Crippen LogP contribution in [0, 0.1) is 6.92 Å². The minimum Gasteiger partial charge on any atom is -0.493 e. The van der Waals surface area contributed by atoms with Crippen LogP contribution in [0.15, 0.2) is 42.5 Å². The van der Waals surface area contributed by atoms with Crippen molar-refractivity contribution < 1.29 is 14.6 Å². The van der Waals surface area contributed by atoms with E-state index in [4.69, 9.17) is 4.74 Å². The van der Waals surface area contributed by atoms with Crippen molar-refractivity contribution in [2.45, 2.75) is 46.0 Å². The monoisotopic (exact) mass is 326 g/mol. The van der Waals surface area contributed by atoms with E-state index in [-0.39, 0.29) is 0 Å². The normalized spacial score (nSPS) is 12.0. The molecule has 0 heterocycles. The quantitative estimate of drug-likeness (QED) is 0.761. The Labute approximate surface area is 144 Å². The molecule has 0 saturated heterocycles. The zero-order chi connectivity index (χ0) is 17.5. The Hall–Kier alpha value is -2.29. The molecule has 0 aliphatic carbocycles. The fourth-order valence-electron chi connectivity index (χ4n) is 2.76. The highest BCUT2D eigenvalue weighted by Gasteiger charge is 2.21. The first kappa shape index (κ1) is 18.1. The Morgan fingerprint density at radius 1 is 1.08 bits per heavy atom.